The molecule has 0 atom stereocenters. The van der Waals surface area contributed by atoms with Gasteiger partial charge in [-0.25, -0.2) is 0 Å². The highest BCUT2D eigenvalue weighted by Gasteiger charge is 2.28. The van der Waals surface area contributed by atoms with Gasteiger partial charge in [-0.3, -0.25) is 14.9 Å². The minimum atomic E-state index is -0.436. The molecular weight excluding hydrogens is 421 g/mol. The van der Waals surface area contributed by atoms with E-state index < -0.39 is 4.92 Å². The summed E-state index contributed by atoms with van der Waals surface area (Å²) >= 11 is 12.2. The largest absolute Gasteiger partial charge is 0.496 e. The fourth-order valence-electron chi connectivity index (χ4n) is 3.29. The molecule has 0 radical (unpaired) electrons. The van der Waals surface area contributed by atoms with Gasteiger partial charge >= 0.3 is 0 Å². The number of carbonyl (C=O) groups is 1. The molecule has 0 bridgehead atoms. The summed E-state index contributed by atoms with van der Waals surface area (Å²) in [5.74, 6) is 0.434. The molecule has 2 aromatic carbocycles. The Kier molecular flexibility index (Phi) is 6.34. The van der Waals surface area contributed by atoms with Crippen LogP contribution in [0.3, 0.4) is 0 Å². The molecule has 3 rings (SSSR count). The number of rotatable bonds is 5. The highest BCUT2D eigenvalue weighted by Crippen LogP contribution is 2.35. The van der Waals surface area contributed by atoms with E-state index in [1.165, 1.54) is 32.4 Å². The van der Waals surface area contributed by atoms with Gasteiger partial charge in [0.25, 0.3) is 11.6 Å². The number of hydrogen-bond donors (Lipinski definition) is 0. The second-order valence-electron chi connectivity index (χ2n) is 6.36. The zero-order valence-corrected chi connectivity index (χ0v) is 17.4. The maximum Gasteiger partial charge on any atom is 0.296 e. The van der Waals surface area contributed by atoms with Gasteiger partial charge in [0, 0.05) is 31.2 Å². The Balaban J connectivity index is 1.78. The van der Waals surface area contributed by atoms with Crippen molar-refractivity contribution in [2.75, 3.05) is 45.3 Å². The van der Waals surface area contributed by atoms with E-state index >= 15 is 0 Å². The molecule has 10 heteroatoms. The van der Waals surface area contributed by atoms with Crippen LogP contribution in [0.5, 0.6) is 11.5 Å². The molecule has 1 saturated heterocycles. The van der Waals surface area contributed by atoms with Crippen LogP contribution in [-0.4, -0.2) is 56.1 Å². The van der Waals surface area contributed by atoms with Crippen LogP contribution in [0.4, 0.5) is 11.4 Å². The van der Waals surface area contributed by atoms with Crippen LogP contribution in [-0.2, 0) is 0 Å². The molecule has 1 aliphatic rings. The molecule has 0 aromatic heterocycles. The second-order valence-corrected chi connectivity index (χ2v) is 7.20. The molecule has 0 unspecified atom stereocenters. The number of hydrogen-bond acceptors (Lipinski definition) is 6. The predicted molar refractivity (Wildman–Crippen MR) is 111 cm³/mol. The summed E-state index contributed by atoms with van der Waals surface area (Å²) in [5.41, 5.74) is 0.743. The van der Waals surface area contributed by atoms with Crippen molar-refractivity contribution in [2.45, 2.75) is 0 Å². The zero-order chi connectivity index (χ0) is 21.1. The number of nitro benzene ring substituents is 1. The van der Waals surface area contributed by atoms with E-state index in [0.29, 0.717) is 42.6 Å². The Labute approximate surface area is 177 Å². The Bertz CT molecular complexity index is 946. The number of halogens is 2. The van der Waals surface area contributed by atoms with Gasteiger partial charge in [0.15, 0.2) is 0 Å². The molecule has 0 N–H and O–H groups in total. The molecule has 2 aromatic rings. The minimum Gasteiger partial charge on any atom is -0.496 e. The van der Waals surface area contributed by atoms with Crippen molar-refractivity contribution in [3.8, 4) is 11.5 Å². The summed E-state index contributed by atoms with van der Waals surface area (Å²) in [4.78, 5) is 27.5. The van der Waals surface area contributed by atoms with Crippen LogP contribution in [0.1, 0.15) is 10.4 Å². The smallest absolute Gasteiger partial charge is 0.296 e. The topological polar surface area (TPSA) is 85.2 Å². The van der Waals surface area contributed by atoms with E-state index in [1.54, 1.807) is 17.0 Å². The molecule has 1 fully saturated rings. The molecule has 29 heavy (non-hydrogen) atoms. The molecule has 1 heterocycles. The minimum absolute atomic E-state index is 0.0348. The number of anilines is 1. The summed E-state index contributed by atoms with van der Waals surface area (Å²) in [6, 6.07) is 7.77. The lowest BCUT2D eigenvalue weighted by molar-refractivity contribution is -0.384. The summed E-state index contributed by atoms with van der Waals surface area (Å²) < 4.78 is 10.3. The fraction of sp³-hybridized carbons (Fsp3) is 0.316. The van der Waals surface area contributed by atoms with Crippen LogP contribution in [0.25, 0.3) is 0 Å². The Morgan fingerprint density at radius 1 is 1.07 bits per heavy atom. The van der Waals surface area contributed by atoms with E-state index in [0.717, 1.165) is 0 Å². The number of methoxy groups -OCH3 is 2. The lowest BCUT2D eigenvalue weighted by Gasteiger charge is -2.36. The molecule has 0 saturated carbocycles. The summed E-state index contributed by atoms with van der Waals surface area (Å²) in [6.07, 6.45) is 0. The third-order valence-electron chi connectivity index (χ3n) is 4.73. The molecule has 154 valence electrons. The van der Waals surface area contributed by atoms with Crippen molar-refractivity contribution in [3.05, 3.63) is 56.1 Å². The van der Waals surface area contributed by atoms with Crippen LogP contribution >= 0.6 is 23.2 Å². The number of benzene rings is 2. The van der Waals surface area contributed by atoms with Gasteiger partial charge in [0.1, 0.15) is 17.2 Å². The van der Waals surface area contributed by atoms with Crippen LogP contribution in [0.15, 0.2) is 30.3 Å². The Morgan fingerprint density at radius 2 is 1.76 bits per heavy atom. The normalized spacial score (nSPS) is 13.9. The average molecular weight is 440 g/mol. The number of carbonyl (C=O) groups excluding carboxylic acids is 1. The standard InChI is InChI=1S/C19H19Cl2N3O5/c1-28-13-3-4-16(17(11-13)24(26)27)22-5-7-23(8-6-22)19(25)14-9-12(20)10-15(21)18(14)29-2/h3-4,9-11H,5-8H2,1-2H3. The van der Waals surface area contributed by atoms with E-state index in [1.807, 2.05) is 4.90 Å². The lowest BCUT2D eigenvalue weighted by atomic mass is 10.1. The first kappa shape index (κ1) is 21.0. The Hall–Kier alpha value is -2.71. The van der Waals surface area contributed by atoms with Gasteiger partial charge in [-0.05, 0) is 24.3 Å². The predicted octanol–water partition coefficient (Wildman–Crippen LogP) is 3.88. The summed E-state index contributed by atoms with van der Waals surface area (Å²) in [6.45, 7) is 1.65. The van der Waals surface area contributed by atoms with Crippen molar-refractivity contribution in [1.29, 1.82) is 0 Å². The maximum absolute atomic E-state index is 13.0. The van der Waals surface area contributed by atoms with Gasteiger partial charge in [-0.2, -0.15) is 0 Å². The molecule has 0 spiro atoms. The molecular formula is C19H19Cl2N3O5. The lowest BCUT2D eigenvalue weighted by Crippen LogP contribution is -2.49. The third kappa shape index (κ3) is 4.33. The van der Waals surface area contributed by atoms with E-state index in [4.69, 9.17) is 32.7 Å². The van der Waals surface area contributed by atoms with E-state index in [-0.39, 0.29) is 27.9 Å². The monoisotopic (exact) mass is 439 g/mol. The molecule has 0 aliphatic carbocycles. The number of nitrogens with zero attached hydrogens (tertiary/aromatic N) is 3. The van der Waals surface area contributed by atoms with Crippen molar-refractivity contribution in [2.24, 2.45) is 0 Å². The van der Waals surface area contributed by atoms with Crippen LogP contribution in [0.2, 0.25) is 10.0 Å². The van der Waals surface area contributed by atoms with Crippen molar-refractivity contribution in [3.63, 3.8) is 0 Å². The third-order valence-corrected chi connectivity index (χ3v) is 5.23. The van der Waals surface area contributed by atoms with Gasteiger partial charge in [0.2, 0.25) is 0 Å². The maximum atomic E-state index is 13.0. The number of ether oxygens (including phenoxy) is 2. The fourth-order valence-corrected chi connectivity index (χ4v) is 3.86. The van der Waals surface area contributed by atoms with Gasteiger partial charge in [-0.1, -0.05) is 23.2 Å². The highest BCUT2D eigenvalue weighted by molar-refractivity contribution is 6.36. The van der Waals surface area contributed by atoms with Gasteiger partial charge in [0.05, 0.1) is 35.8 Å². The molecule has 8 nitrogen and oxygen atoms in total. The highest BCUT2D eigenvalue weighted by atomic mass is 35.5. The first-order chi connectivity index (χ1) is 13.8. The number of piperazine rings is 1. The van der Waals surface area contributed by atoms with Crippen LogP contribution in [0, 0.1) is 10.1 Å². The average Bonchev–Trinajstić information content (AvgIpc) is 2.72. The zero-order valence-electron chi connectivity index (χ0n) is 15.9. The van der Waals surface area contributed by atoms with E-state index in [9.17, 15) is 14.9 Å². The number of amides is 1. The van der Waals surface area contributed by atoms with E-state index in [2.05, 4.69) is 0 Å². The van der Waals surface area contributed by atoms with Crippen molar-refractivity contribution in [1.82, 2.24) is 4.90 Å². The van der Waals surface area contributed by atoms with Gasteiger partial charge < -0.3 is 19.3 Å². The summed E-state index contributed by atoms with van der Waals surface area (Å²) in [5, 5.41) is 12.0. The van der Waals surface area contributed by atoms with Crippen molar-refractivity contribution >= 4 is 40.5 Å². The molecule has 1 amide bonds. The van der Waals surface area contributed by atoms with Gasteiger partial charge in [-0.15, -0.1) is 0 Å². The first-order valence-electron chi connectivity index (χ1n) is 8.75. The van der Waals surface area contributed by atoms with Crippen LogP contribution < -0.4 is 14.4 Å². The second kappa shape index (κ2) is 8.75. The van der Waals surface area contributed by atoms with Crippen molar-refractivity contribution < 1.29 is 19.2 Å². The Morgan fingerprint density at radius 3 is 2.34 bits per heavy atom. The quantitative estimate of drug-likeness (QED) is 0.518. The SMILES string of the molecule is COc1ccc(N2CCN(C(=O)c3cc(Cl)cc(Cl)c3OC)CC2)c([N+](=O)[O-])c1. The number of nitro groups is 1. The first-order valence-corrected chi connectivity index (χ1v) is 9.51. The summed E-state index contributed by atoms with van der Waals surface area (Å²) in [7, 11) is 2.89. The molecule has 1 aliphatic heterocycles.